The van der Waals surface area contributed by atoms with Crippen LogP contribution in [0.1, 0.15) is 38.4 Å². The van der Waals surface area contributed by atoms with Crippen molar-refractivity contribution >= 4 is 22.5 Å². The summed E-state index contributed by atoms with van der Waals surface area (Å²) in [7, 11) is 0. The summed E-state index contributed by atoms with van der Waals surface area (Å²) in [5, 5.41) is 6.61. The third kappa shape index (κ3) is 2.70. The van der Waals surface area contributed by atoms with Crippen LogP contribution in [-0.4, -0.2) is 14.3 Å². The minimum absolute atomic E-state index is 0.495. The van der Waals surface area contributed by atoms with Crippen molar-refractivity contribution in [2.45, 2.75) is 39.3 Å². The monoisotopic (exact) mass is 301 g/mol. The highest BCUT2D eigenvalue weighted by Crippen LogP contribution is 2.25. The molecule has 0 aliphatic carbocycles. The van der Waals surface area contributed by atoms with Crippen LogP contribution in [0, 0.1) is 0 Å². The molecule has 1 aromatic carbocycles. The average molecular weight is 302 g/mol. The van der Waals surface area contributed by atoms with Crippen LogP contribution >= 0.6 is 11.6 Å². The third-order valence-corrected chi connectivity index (χ3v) is 4.40. The maximum Gasteiger partial charge on any atom is 0.0821 e. The average Bonchev–Trinajstić information content (AvgIpc) is 3.10. The number of aromatic nitrogens is 3. The van der Waals surface area contributed by atoms with Crippen LogP contribution in [0.5, 0.6) is 0 Å². The predicted molar refractivity (Wildman–Crippen MR) is 87.9 cm³/mol. The van der Waals surface area contributed by atoms with E-state index in [9.17, 15) is 0 Å². The first-order valence-corrected chi connectivity index (χ1v) is 7.88. The second-order valence-electron chi connectivity index (χ2n) is 5.37. The Balaban J connectivity index is 1.87. The number of rotatable bonds is 5. The largest absolute Gasteiger partial charge is 0.341 e. The van der Waals surface area contributed by atoms with Crippen LogP contribution in [0.15, 0.2) is 42.7 Å². The van der Waals surface area contributed by atoms with E-state index < -0.39 is 0 Å². The highest BCUT2D eigenvalue weighted by atomic mass is 35.5. The van der Waals surface area contributed by atoms with Crippen molar-refractivity contribution in [3.63, 3.8) is 0 Å². The first-order valence-electron chi connectivity index (χ1n) is 7.50. The first-order chi connectivity index (χ1) is 10.2. The van der Waals surface area contributed by atoms with Crippen LogP contribution in [0.4, 0.5) is 0 Å². The molecule has 2 heterocycles. The standard InChI is InChI=1S/C17H20ClN3/c1-3-14(4-2)21-11-8-13(19-21)12-20-10-9-15-16(18)6-5-7-17(15)20/h5-11,14H,3-4,12H2,1-2H3. The third-order valence-electron chi connectivity index (χ3n) is 4.07. The fourth-order valence-corrected chi connectivity index (χ4v) is 3.06. The molecule has 0 bridgehead atoms. The van der Waals surface area contributed by atoms with Crippen molar-refractivity contribution in [3.8, 4) is 0 Å². The fraction of sp³-hybridized carbons (Fsp3) is 0.353. The second-order valence-corrected chi connectivity index (χ2v) is 5.78. The highest BCUT2D eigenvalue weighted by molar-refractivity contribution is 6.35. The van der Waals surface area contributed by atoms with Crippen molar-refractivity contribution in [1.82, 2.24) is 14.3 Å². The summed E-state index contributed by atoms with van der Waals surface area (Å²) in [6.45, 7) is 5.19. The molecular weight excluding hydrogens is 282 g/mol. The SMILES string of the molecule is CCC(CC)n1ccc(Cn2ccc3c(Cl)cccc32)n1. The zero-order valence-electron chi connectivity index (χ0n) is 12.5. The van der Waals surface area contributed by atoms with Crippen molar-refractivity contribution < 1.29 is 0 Å². The normalized spacial score (nSPS) is 11.6. The summed E-state index contributed by atoms with van der Waals surface area (Å²) in [5.74, 6) is 0. The van der Waals surface area contributed by atoms with E-state index in [1.54, 1.807) is 0 Å². The maximum absolute atomic E-state index is 6.22. The summed E-state index contributed by atoms with van der Waals surface area (Å²) >= 11 is 6.22. The van der Waals surface area contributed by atoms with Gasteiger partial charge in [-0.25, -0.2) is 0 Å². The van der Waals surface area contributed by atoms with Gasteiger partial charge in [0.05, 0.1) is 18.3 Å². The van der Waals surface area contributed by atoms with Crippen LogP contribution in [0.2, 0.25) is 5.02 Å². The number of fused-ring (bicyclic) bond motifs is 1. The molecule has 110 valence electrons. The molecule has 0 fully saturated rings. The zero-order chi connectivity index (χ0) is 14.8. The molecule has 0 unspecified atom stereocenters. The molecule has 0 amide bonds. The van der Waals surface area contributed by atoms with E-state index in [-0.39, 0.29) is 0 Å². The molecule has 4 heteroatoms. The van der Waals surface area contributed by atoms with Gasteiger partial charge in [0.25, 0.3) is 0 Å². The molecule has 3 nitrogen and oxygen atoms in total. The summed E-state index contributed by atoms with van der Waals surface area (Å²) in [6.07, 6.45) is 6.39. The molecule has 0 saturated carbocycles. The van der Waals surface area contributed by atoms with E-state index in [0.29, 0.717) is 6.04 Å². The molecule has 3 aromatic rings. The topological polar surface area (TPSA) is 22.8 Å². The molecule has 21 heavy (non-hydrogen) atoms. The molecule has 2 aromatic heterocycles. The van der Waals surface area contributed by atoms with Gasteiger partial charge < -0.3 is 4.57 Å². The maximum atomic E-state index is 6.22. The van der Waals surface area contributed by atoms with Crippen molar-refractivity contribution in [1.29, 1.82) is 0 Å². The van der Waals surface area contributed by atoms with Gasteiger partial charge in [0.15, 0.2) is 0 Å². The van der Waals surface area contributed by atoms with Crippen molar-refractivity contribution in [2.75, 3.05) is 0 Å². The van der Waals surface area contributed by atoms with Gasteiger partial charge >= 0.3 is 0 Å². The van der Waals surface area contributed by atoms with Crippen LogP contribution in [-0.2, 0) is 6.54 Å². The van der Waals surface area contributed by atoms with Crippen LogP contribution < -0.4 is 0 Å². The van der Waals surface area contributed by atoms with Crippen molar-refractivity contribution in [2.24, 2.45) is 0 Å². The second kappa shape index (κ2) is 5.94. The van der Waals surface area contributed by atoms with Crippen LogP contribution in [0.25, 0.3) is 10.9 Å². The zero-order valence-corrected chi connectivity index (χ0v) is 13.2. The number of hydrogen-bond donors (Lipinski definition) is 0. The van der Waals surface area contributed by atoms with E-state index in [1.807, 2.05) is 12.1 Å². The van der Waals surface area contributed by atoms with Gasteiger partial charge in [-0.15, -0.1) is 0 Å². The molecule has 0 aliphatic heterocycles. The molecular formula is C17H20ClN3. The van der Waals surface area contributed by atoms with Gasteiger partial charge in [-0.05, 0) is 37.1 Å². The van der Waals surface area contributed by atoms with Crippen molar-refractivity contribution in [3.05, 3.63) is 53.4 Å². The smallest absolute Gasteiger partial charge is 0.0821 e. The fourth-order valence-electron chi connectivity index (χ4n) is 2.83. The van der Waals surface area contributed by atoms with E-state index in [2.05, 4.69) is 53.7 Å². The number of benzene rings is 1. The lowest BCUT2D eigenvalue weighted by molar-refractivity contribution is 0.425. The van der Waals surface area contributed by atoms with Gasteiger partial charge in [0.1, 0.15) is 0 Å². The molecule has 3 rings (SSSR count). The Morgan fingerprint density at radius 1 is 1.10 bits per heavy atom. The van der Waals surface area contributed by atoms with Gasteiger partial charge in [-0.3, -0.25) is 4.68 Å². The number of hydrogen-bond acceptors (Lipinski definition) is 1. The number of halogens is 1. The van der Waals surface area contributed by atoms with E-state index in [0.717, 1.165) is 41.0 Å². The number of nitrogens with zero attached hydrogens (tertiary/aromatic N) is 3. The molecule has 0 radical (unpaired) electrons. The Morgan fingerprint density at radius 3 is 2.67 bits per heavy atom. The van der Waals surface area contributed by atoms with Gasteiger partial charge in [-0.1, -0.05) is 31.5 Å². The Hall–Kier alpha value is -1.74. The van der Waals surface area contributed by atoms with Gasteiger partial charge in [-0.2, -0.15) is 5.10 Å². The van der Waals surface area contributed by atoms with E-state index in [1.165, 1.54) is 0 Å². The summed E-state index contributed by atoms with van der Waals surface area (Å²) in [5.41, 5.74) is 2.24. The molecule has 0 spiro atoms. The summed E-state index contributed by atoms with van der Waals surface area (Å²) < 4.78 is 4.29. The Labute approximate surface area is 130 Å². The van der Waals surface area contributed by atoms with Gasteiger partial charge in [0, 0.05) is 28.3 Å². The predicted octanol–water partition coefficient (Wildman–Crippen LogP) is 4.90. The Morgan fingerprint density at radius 2 is 1.90 bits per heavy atom. The Bertz CT molecular complexity index is 737. The Kier molecular flexibility index (Phi) is 4.02. The highest BCUT2D eigenvalue weighted by Gasteiger charge is 2.09. The minimum atomic E-state index is 0.495. The lowest BCUT2D eigenvalue weighted by Gasteiger charge is -2.12. The minimum Gasteiger partial charge on any atom is -0.341 e. The molecule has 0 atom stereocenters. The van der Waals surface area contributed by atoms with E-state index in [4.69, 9.17) is 16.7 Å². The quantitative estimate of drug-likeness (QED) is 0.657. The molecule has 0 N–H and O–H groups in total. The molecule has 0 saturated heterocycles. The van der Waals surface area contributed by atoms with Gasteiger partial charge in [0.2, 0.25) is 0 Å². The first kappa shape index (κ1) is 14.2. The molecule has 0 aliphatic rings. The van der Waals surface area contributed by atoms with E-state index >= 15 is 0 Å². The summed E-state index contributed by atoms with van der Waals surface area (Å²) in [4.78, 5) is 0. The lowest BCUT2D eigenvalue weighted by atomic mass is 10.2. The lowest BCUT2D eigenvalue weighted by Crippen LogP contribution is -2.08. The summed E-state index contributed by atoms with van der Waals surface area (Å²) in [6, 6.07) is 10.7. The van der Waals surface area contributed by atoms with Crippen LogP contribution in [0.3, 0.4) is 0 Å².